The summed E-state index contributed by atoms with van der Waals surface area (Å²) in [6.45, 7) is 1.90. The van der Waals surface area contributed by atoms with Crippen molar-refractivity contribution in [1.29, 1.82) is 0 Å². The maximum atomic E-state index is 13.1. The molecule has 8 nitrogen and oxygen atoms in total. The highest BCUT2D eigenvalue weighted by atomic mass is 32.2. The van der Waals surface area contributed by atoms with Crippen molar-refractivity contribution in [3.05, 3.63) is 48.3 Å². The molecule has 10 heteroatoms. The first-order chi connectivity index (χ1) is 13.5. The van der Waals surface area contributed by atoms with Gasteiger partial charge < -0.3 is 20.6 Å². The van der Waals surface area contributed by atoms with E-state index in [9.17, 15) is 9.18 Å². The number of nitrogens with zero attached hydrogens (tertiary/aromatic N) is 3. The summed E-state index contributed by atoms with van der Waals surface area (Å²) in [6, 6.07) is 10.9. The number of nitrogens with two attached hydrogens (primary N) is 1. The quantitative estimate of drug-likeness (QED) is 0.500. The maximum absolute atomic E-state index is 13.1. The number of amides is 1. The molecular weight excluding hydrogens is 385 g/mol. The second-order valence-electron chi connectivity index (χ2n) is 6.00. The summed E-state index contributed by atoms with van der Waals surface area (Å²) in [7, 11) is 0. The van der Waals surface area contributed by atoms with Gasteiger partial charge in [0.25, 0.3) is 0 Å². The van der Waals surface area contributed by atoms with Crippen LogP contribution in [0.1, 0.15) is 6.92 Å². The first-order valence-electron chi connectivity index (χ1n) is 8.35. The Bertz CT molecular complexity index is 1020. The lowest BCUT2D eigenvalue weighted by molar-refractivity contribution is -0.115. The van der Waals surface area contributed by atoms with Gasteiger partial charge in [-0.2, -0.15) is 0 Å². The molecule has 144 valence electrons. The Balaban J connectivity index is 1.44. The summed E-state index contributed by atoms with van der Waals surface area (Å²) in [6.07, 6.45) is 0. The van der Waals surface area contributed by atoms with Gasteiger partial charge in [-0.3, -0.25) is 4.79 Å². The van der Waals surface area contributed by atoms with Crippen LogP contribution in [0.2, 0.25) is 0 Å². The van der Waals surface area contributed by atoms with Crippen LogP contribution in [0.25, 0.3) is 11.4 Å². The van der Waals surface area contributed by atoms with Gasteiger partial charge in [0, 0.05) is 17.3 Å². The van der Waals surface area contributed by atoms with Gasteiger partial charge in [-0.05, 0) is 43.3 Å². The summed E-state index contributed by atoms with van der Waals surface area (Å²) < 4.78 is 24.9. The summed E-state index contributed by atoms with van der Waals surface area (Å²) in [4.78, 5) is 12.5. The van der Waals surface area contributed by atoms with Crippen LogP contribution in [0.3, 0.4) is 0 Å². The van der Waals surface area contributed by atoms with Crippen molar-refractivity contribution in [2.24, 2.45) is 0 Å². The Kier molecular flexibility index (Phi) is 4.78. The SMILES string of the molecule is C[C@@H](Sc1nnc(-c2ccc(F)cc2)n1N)C(=O)Nc1ccc2c(c1)OCO2. The number of rotatable bonds is 5. The molecule has 2 heterocycles. The Labute approximate surface area is 163 Å². The minimum Gasteiger partial charge on any atom is -0.454 e. The number of anilines is 1. The van der Waals surface area contributed by atoms with Crippen LogP contribution >= 0.6 is 11.8 Å². The molecule has 1 aliphatic heterocycles. The van der Waals surface area contributed by atoms with E-state index in [2.05, 4.69) is 15.5 Å². The molecule has 0 fully saturated rings. The number of aromatic nitrogens is 3. The number of nitrogen functional groups attached to an aromatic ring is 1. The van der Waals surface area contributed by atoms with Crippen molar-refractivity contribution in [3.63, 3.8) is 0 Å². The molecule has 0 saturated heterocycles. The molecule has 0 spiro atoms. The molecular formula is C18H16FN5O3S. The van der Waals surface area contributed by atoms with E-state index in [0.717, 1.165) is 11.8 Å². The van der Waals surface area contributed by atoms with Crippen LogP contribution in [0, 0.1) is 5.82 Å². The van der Waals surface area contributed by atoms with Gasteiger partial charge in [-0.25, -0.2) is 9.07 Å². The van der Waals surface area contributed by atoms with E-state index in [0.29, 0.717) is 33.7 Å². The first-order valence-corrected chi connectivity index (χ1v) is 9.23. The van der Waals surface area contributed by atoms with E-state index < -0.39 is 5.25 Å². The number of nitrogens with one attached hydrogen (secondary N) is 1. The van der Waals surface area contributed by atoms with Gasteiger partial charge in [0.05, 0.1) is 5.25 Å². The molecule has 0 saturated carbocycles. The van der Waals surface area contributed by atoms with Crippen molar-refractivity contribution in [2.75, 3.05) is 18.0 Å². The summed E-state index contributed by atoms with van der Waals surface area (Å²) in [5.41, 5.74) is 1.23. The number of hydrogen-bond donors (Lipinski definition) is 2. The summed E-state index contributed by atoms with van der Waals surface area (Å²) in [5, 5.41) is 10.8. The van der Waals surface area contributed by atoms with E-state index in [1.807, 2.05) is 0 Å². The lowest BCUT2D eigenvalue weighted by atomic mass is 10.2. The third-order valence-electron chi connectivity index (χ3n) is 4.06. The Hall–Kier alpha value is -3.27. The molecule has 0 radical (unpaired) electrons. The molecule has 1 atom stereocenters. The average molecular weight is 401 g/mol. The van der Waals surface area contributed by atoms with Gasteiger partial charge in [0.2, 0.25) is 17.9 Å². The number of fused-ring (bicyclic) bond motifs is 1. The lowest BCUT2D eigenvalue weighted by Gasteiger charge is -2.12. The largest absolute Gasteiger partial charge is 0.454 e. The Morgan fingerprint density at radius 1 is 1.21 bits per heavy atom. The minimum atomic E-state index is -0.488. The van der Waals surface area contributed by atoms with E-state index in [1.165, 1.54) is 16.8 Å². The second-order valence-corrected chi connectivity index (χ2v) is 7.31. The van der Waals surface area contributed by atoms with Crippen molar-refractivity contribution >= 4 is 23.4 Å². The number of hydrogen-bond acceptors (Lipinski definition) is 7. The van der Waals surface area contributed by atoms with Gasteiger partial charge >= 0.3 is 0 Å². The van der Waals surface area contributed by atoms with Gasteiger partial charge in [0.1, 0.15) is 5.82 Å². The van der Waals surface area contributed by atoms with E-state index in [-0.39, 0.29) is 18.5 Å². The highest BCUT2D eigenvalue weighted by Crippen LogP contribution is 2.34. The molecule has 1 aromatic heterocycles. The van der Waals surface area contributed by atoms with Crippen molar-refractivity contribution in [1.82, 2.24) is 14.9 Å². The molecule has 1 aliphatic rings. The normalized spacial score (nSPS) is 13.4. The summed E-state index contributed by atoms with van der Waals surface area (Å²) in [5.74, 6) is 7.08. The third-order valence-corrected chi connectivity index (χ3v) is 5.12. The predicted molar refractivity (Wildman–Crippen MR) is 102 cm³/mol. The molecule has 28 heavy (non-hydrogen) atoms. The molecule has 0 aliphatic carbocycles. The van der Waals surface area contributed by atoms with Crippen LogP contribution in [-0.4, -0.2) is 32.8 Å². The fourth-order valence-electron chi connectivity index (χ4n) is 2.58. The second kappa shape index (κ2) is 7.39. The van der Waals surface area contributed by atoms with Crippen molar-refractivity contribution in [3.8, 4) is 22.9 Å². The van der Waals surface area contributed by atoms with Crippen LogP contribution in [0.4, 0.5) is 10.1 Å². The zero-order valence-electron chi connectivity index (χ0n) is 14.8. The monoisotopic (exact) mass is 401 g/mol. The number of thioether (sulfide) groups is 1. The smallest absolute Gasteiger partial charge is 0.237 e. The number of benzene rings is 2. The standard InChI is InChI=1S/C18H16FN5O3S/c1-10(17(25)21-13-6-7-14-15(8-13)27-9-26-14)28-18-23-22-16(24(18)20)11-2-4-12(19)5-3-11/h2-8,10H,9,20H2,1H3,(H,21,25)/t10-/m1/s1. The van der Waals surface area contributed by atoms with Gasteiger partial charge in [0.15, 0.2) is 17.3 Å². The van der Waals surface area contributed by atoms with E-state index in [1.54, 1.807) is 37.3 Å². The molecule has 1 amide bonds. The third kappa shape index (κ3) is 3.58. The fraction of sp³-hybridized carbons (Fsp3) is 0.167. The topological polar surface area (TPSA) is 104 Å². The van der Waals surface area contributed by atoms with Crippen LogP contribution in [0.15, 0.2) is 47.6 Å². The van der Waals surface area contributed by atoms with Crippen LogP contribution < -0.4 is 20.6 Å². The molecule has 0 unspecified atom stereocenters. The van der Waals surface area contributed by atoms with Gasteiger partial charge in [-0.15, -0.1) is 10.2 Å². The predicted octanol–water partition coefficient (Wildman–Crippen LogP) is 2.65. The average Bonchev–Trinajstić information content (AvgIpc) is 3.29. The molecule has 0 bridgehead atoms. The highest BCUT2D eigenvalue weighted by molar-refractivity contribution is 8.00. The maximum Gasteiger partial charge on any atom is 0.237 e. The van der Waals surface area contributed by atoms with E-state index in [4.69, 9.17) is 15.3 Å². The lowest BCUT2D eigenvalue weighted by Crippen LogP contribution is -2.23. The first kappa shape index (κ1) is 18.1. The van der Waals surface area contributed by atoms with Crippen molar-refractivity contribution in [2.45, 2.75) is 17.3 Å². The van der Waals surface area contributed by atoms with E-state index >= 15 is 0 Å². The minimum absolute atomic E-state index is 0.168. The molecule has 3 N–H and O–H groups in total. The number of halogens is 1. The van der Waals surface area contributed by atoms with Crippen molar-refractivity contribution < 1.29 is 18.7 Å². The Morgan fingerprint density at radius 3 is 2.75 bits per heavy atom. The number of carbonyl (C=O) groups excluding carboxylic acids is 1. The Morgan fingerprint density at radius 2 is 1.96 bits per heavy atom. The number of carbonyl (C=O) groups is 1. The van der Waals surface area contributed by atoms with Crippen LogP contribution in [-0.2, 0) is 4.79 Å². The summed E-state index contributed by atoms with van der Waals surface area (Å²) >= 11 is 1.16. The van der Waals surface area contributed by atoms with Crippen LogP contribution in [0.5, 0.6) is 11.5 Å². The highest BCUT2D eigenvalue weighted by Gasteiger charge is 2.21. The molecule has 4 rings (SSSR count). The van der Waals surface area contributed by atoms with Gasteiger partial charge in [-0.1, -0.05) is 11.8 Å². The number of ether oxygens (including phenoxy) is 2. The fourth-order valence-corrected chi connectivity index (χ4v) is 3.35. The zero-order chi connectivity index (χ0) is 19.7. The molecule has 3 aromatic rings. The molecule has 2 aromatic carbocycles. The zero-order valence-corrected chi connectivity index (χ0v) is 15.6.